The molecular weight excluding hydrogens is 767 g/mol. The van der Waals surface area contributed by atoms with Crippen molar-refractivity contribution in [1.82, 2.24) is 26.2 Å². The number of esters is 1. The van der Waals surface area contributed by atoms with Crippen LogP contribution in [0.25, 0.3) is 0 Å². The Kier molecular flexibility index (Phi) is 16.5. The molecule has 1 saturated carbocycles. The summed E-state index contributed by atoms with van der Waals surface area (Å²) in [5, 5.41) is 10.9. The van der Waals surface area contributed by atoms with E-state index in [0.717, 1.165) is 62.5 Å². The van der Waals surface area contributed by atoms with E-state index in [4.69, 9.17) is 9.47 Å². The van der Waals surface area contributed by atoms with Crippen LogP contribution in [0.5, 0.6) is 5.75 Å². The second kappa shape index (κ2) is 21.5. The molecule has 5 rings (SSSR count). The fourth-order valence-electron chi connectivity index (χ4n) is 8.60. The monoisotopic (exact) mass is 831 g/mol. The van der Waals surface area contributed by atoms with Gasteiger partial charge < -0.3 is 35.6 Å². The fourth-order valence-corrected chi connectivity index (χ4v) is 8.60. The molecule has 3 unspecified atom stereocenters. The number of allylic oxidation sites excluding steroid dienone is 3. The number of benzene rings is 1. The number of nitrogens with zero attached hydrogens (tertiary/aromatic N) is 1. The minimum absolute atomic E-state index is 0.0806. The van der Waals surface area contributed by atoms with Crippen LogP contribution in [0.4, 0.5) is 0 Å². The Morgan fingerprint density at radius 1 is 0.933 bits per heavy atom. The van der Waals surface area contributed by atoms with Gasteiger partial charge in [-0.1, -0.05) is 82.7 Å². The average Bonchev–Trinajstić information content (AvgIpc) is 3.21. The topological polar surface area (TPSA) is 189 Å². The molecule has 4 aliphatic rings. The van der Waals surface area contributed by atoms with Gasteiger partial charge in [0, 0.05) is 25.3 Å². The molecule has 5 amide bonds. The second-order valence-electron chi connectivity index (χ2n) is 17.8. The summed E-state index contributed by atoms with van der Waals surface area (Å²) in [7, 11) is 0. The van der Waals surface area contributed by atoms with Gasteiger partial charge in [-0.2, -0.15) is 0 Å². The molecule has 0 saturated heterocycles. The largest absolute Gasteiger partial charge is 0.494 e. The predicted octanol–water partition coefficient (Wildman–Crippen LogP) is 4.52. The maximum Gasteiger partial charge on any atom is 0.329 e. The number of ketones is 1. The molecule has 1 aromatic carbocycles. The summed E-state index contributed by atoms with van der Waals surface area (Å²) in [6.45, 7) is 8.94. The van der Waals surface area contributed by atoms with E-state index < -0.39 is 71.7 Å². The number of nitrogens with one attached hydrogen (secondary N) is 4. The van der Waals surface area contributed by atoms with Crippen LogP contribution in [0.15, 0.2) is 42.5 Å². The molecule has 0 aromatic heterocycles. The SMILES string of the molecule is CCCC(NC(=O)[C@@H]1Cc2ccc3cc2CN1C(=O)[C@H](C1CCCCC1)NC(=O)CCCCCCO3)C(=O)C(=O)NCC(=O)N[C@H](C(=O)OC(C)(C)C)C1C=CC=CC1C. The molecule has 60 heavy (non-hydrogen) atoms. The molecule has 0 radical (unpaired) electrons. The van der Waals surface area contributed by atoms with Gasteiger partial charge in [-0.15, -0.1) is 0 Å². The zero-order valence-corrected chi connectivity index (χ0v) is 36.0. The summed E-state index contributed by atoms with van der Waals surface area (Å²) in [6, 6.07) is 1.54. The van der Waals surface area contributed by atoms with Crippen molar-refractivity contribution in [3.05, 3.63) is 53.6 Å². The summed E-state index contributed by atoms with van der Waals surface area (Å²) >= 11 is 0. The first-order valence-electron chi connectivity index (χ1n) is 22.0. The highest BCUT2D eigenvalue weighted by Gasteiger charge is 2.42. The van der Waals surface area contributed by atoms with Gasteiger partial charge in [0.05, 0.1) is 19.2 Å². The Morgan fingerprint density at radius 2 is 1.65 bits per heavy atom. The average molecular weight is 832 g/mol. The maximum atomic E-state index is 14.8. The van der Waals surface area contributed by atoms with E-state index in [-0.39, 0.29) is 43.0 Å². The van der Waals surface area contributed by atoms with Crippen molar-refractivity contribution in [2.75, 3.05) is 13.2 Å². The molecule has 2 aliphatic carbocycles. The number of Topliss-reactive ketones (excluding diaryl/α,β-unsaturated/α-hetero) is 1. The van der Waals surface area contributed by atoms with E-state index >= 15 is 0 Å². The van der Waals surface area contributed by atoms with Crippen LogP contribution in [-0.4, -0.2) is 89.1 Å². The van der Waals surface area contributed by atoms with Gasteiger partial charge in [0.2, 0.25) is 29.4 Å². The highest BCUT2D eigenvalue weighted by Crippen LogP contribution is 2.32. The van der Waals surface area contributed by atoms with E-state index in [1.54, 1.807) is 26.8 Å². The highest BCUT2D eigenvalue weighted by atomic mass is 16.6. The Labute approximate surface area is 354 Å². The summed E-state index contributed by atoms with van der Waals surface area (Å²) < 4.78 is 11.7. The van der Waals surface area contributed by atoms with Crippen LogP contribution in [0.2, 0.25) is 0 Å². The Balaban J connectivity index is 1.32. The number of carbonyl (C=O) groups is 7. The minimum atomic E-state index is -1.24. The molecule has 6 atom stereocenters. The third kappa shape index (κ3) is 12.7. The summed E-state index contributed by atoms with van der Waals surface area (Å²) in [5.74, 6) is -4.37. The van der Waals surface area contributed by atoms with Crippen molar-refractivity contribution < 1.29 is 43.0 Å². The predicted molar refractivity (Wildman–Crippen MR) is 225 cm³/mol. The van der Waals surface area contributed by atoms with Crippen molar-refractivity contribution >= 4 is 41.3 Å². The maximum absolute atomic E-state index is 14.8. The highest BCUT2D eigenvalue weighted by molar-refractivity contribution is 6.38. The molecule has 2 heterocycles. The second-order valence-corrected chi connectivity index (χ2v) is 17.8. The van der Waals surface area contributed by atoms with E-state index in [1.807, 2.05) is 50.3 Å². The Morgan fingerprint density at radius 3 is 2.37 bits per heavy atom. The minimum Gasteiger partial charge on any atom is -0.494 e. The number of hydrogen-bond donors (Lipinski definition) is 4. The third-order valence-electron chi connectivity index (χ3n) is 11.8. The first kappa shape index (κ1) is 46.1. The zero-order valence-electron chi connectivity index (χ0n) is 36.0. The Bertz CT molecular complexity index is 1800. The fraction of sp³-hybridized carbons (Fsp3) is 0.630. The van der Waals surface area contributed by atoms with Crippen LogP contribution in [-0.2, 0) is 51.3 Å². The van der Waals surface area contributed by atoms with E-state index in [9.17, 15) is 33.6 Å². The van der Waals surface area contributed by atoms with Gasteiger partial charge in [-0.3, -0.25) is 28.8 Å². The summed E-state index contributed by atoms with van der Waals surface area (Å²) in [4.78, 5) is 97.4. The van der Waals surface area contributed by atoms with Gasteiger partial charge >= 0.3 is 5.97 Å². The lowest BCUT2D eigenvalue weighted by molar-refractivity contribution is -0.160. The lowest BCUT2D eigenvalue weighted by Gasteiger charge is -2.40. The van der Waals surface area contributed by atoms with Gasteiger partial charge in [0.1, 0.15) is 29.5 Å². The van der Waals surface area contributed by atoms with Crippen LogP contribution in [0, 0.1) is 17.8 Å². The van der Waals surface area contributed by atoms with Gasteiger partial charge in [-0.05, 0) is 88.0 Å². The molecule has 14 nitrogen and oxygen atoms in total. The normalized spacial score (nSPS) is 23.7. The molecule has 0 spiro atoms. The lowest BCUT2D eigenvalue weighted by Crippen LogP contribution is -2.61. The molecular formula is C46H65N5O9. The number of rotatable bonds is 12. The molecule has 2 aliphatic heterocycles. The number of hydrogen-bond acceptors (Lipinski definition) is 9. The van der Waals surface area contributed by atoms with Crippen LogP contribution < -0.4 is 26.0 Å². The van der Waals surface area contributed by atoms with E-state index in [2.05, 4.69) is 21.3 Å². The molecule has 14 heteroatoms. The number of carbonyl (C=O) groups excluding carboxylic acids is 7. The zero-order chi connectivity index (χ0) is 43.4. The van der Waals surface area contributed by atoms with E-state index in [0.29, 0.717) is 31.6 Å². The number of ether oxygens (including phenoxy) is 2. The number of fused-ring (bicyclic) bond motifs is 2. The molecule has 1 fully saturated rings. The van der Waals surface area contributed by atoms with Crippen molar-refractivity contribution in [2.24, 2.45) is 17.8 Å². The summed E-state index contributed by atoms with van der Waals surface area (Å²) in [5.41, 5.74) is 0.884. The first-order chi connectivity index (χ1) is 28.6. The quantitative estimate of drug-likeness (QED) is 0.173. The molecule has 3 bridgehead atoms. The van der Waals surface area contributed by atoms with Crippen LogP contribution >= 0.6 is 0 Å². The summed E-state index contributed by atoms with van der Waals surface area (Å²) in [6.07, 6.45) is 16.3. The van der Waals surface area contributed by atoms with Gasteiger partial charge in [-0.25, -0.2) is 4.79 Å². The van der Waals surface area contributed by atoms with E-state index in [1.165, 1.54) is 4.90 Å². The van der Waals surface area contributed by atoms with Crippen molar-refractivity contribution in [3.63, 3.8) is 0 Å². The first-order valence-corrected chi connectivity index (χ1v) is 22.0. The molecule has 328 valence electrons. The van der Waals surface area contributed by atoms with Crippen molar-refractivity contribution in [2.45, 2.75) is 154 Å². The smallest absolute Gasteiger partial charge is 0.329 e. The van der Waals surface area contributed by atoms with Gasteiger partial charge in [0.15, 0.2) is 0 Å². The lowest BCUT2D eigenvalue weighted by atomic mass is 9.82. The standard InChI is InChI=1S/C46H65N5O9/c1-6-16-35(41(54)43(56)47-27-38(53)50-40(45(58)60-46(3,4)5)34-20-14-13-17-29(34)2)48-42(55)36-26-31-22-23-33-25-32(31)28-51(36)44(57)39(30-18-10-9-11-19-30)49-37(52)21-12-7-8-15-24-59-33/h13-14,17,20,22-23,25,29-30,34-36,39-40H,6-12,15-16,18-19,21,24,26-28H2,1-5H3,(H,47,56)(H,48,55)(H,49,52)(H,50,53)/t29?,34?,35?,36-,39-,40-/m0/s1. The third-order valence-corrected chi connectivity index (χ3v) is 11.8. The van der Waals surface area contributed by atoms with Crippen LogP contribution in [0.3, 0.4) is 0 Å². The van der Waals surface area contributed by atoms with Crippen molar-refractivity contribution in [1.29, 1.82) is 0 Å². The number of amides is 5. The molecule has 1 aromatic rings. The van der Waals surface area contributed by atoms with Crippen LogP contribution in [0.1, 0.15) is 123 Å². The molecule has 4 N–H and O–H groups in total. The Hall–Kier alpha value is -5.01. The van der Waals surface area contributed by atoms with Crippen molar-refractivity contribution in [3.8, 4) is 5.75 Å². The van der Waals surface area contributed by atoms with Gasteiger partial charge in [0.25, 0.3) is 5.91 Å².